The van der Waals surface area contributed by atoms with Crippen molar-refractivity contribution in [2.75, 3.05) is 25.0 Å². The molecule has 204 valence electrons. The summed E-state index contributed by atoms with van der Waals surface area (Å²) in [6.07, 6.45) is -3.57. The zero-order valence-corrected chi connectivity index (χ0v) is 21.8. The molecular formula is C27H25F4N5O2S. The van der Waals surface area contributed by atoms with Gasteiger partial charge in [0.2, 0.25) is 11.8 Å². The monoisotopic (exact) mass is 559 g/mol. The standard InChI is InChI=1S/C27H25F4N5O2S/c1-16(37)32-26-35-25-21(5-2-6-22(25)39-26)38-24-14-20(17-7-9-18(10-8-17)27(29,30)31)33-23(34-24)11-13-36-12-3-4-19(28)15-36/h2,5-10,14,19H,3-4,11-13,15H2,1H3,(H,32,35,37)/t19-/m1/s1. The van der Waals surface area contributed by atoms with Crippen molar-refractivity contribution in [2.24, 2.45) is 0 Å². The average Bonchev–Trinajstić information content (AvgIpc) is 3.30. The molecule has 1 aliphatic heterocycles. The van der Waals surface area contributed by atoms with Crippen molar-refractivity contribution in [3.63, 3.8) is 0 Å². The molecule has 1 aliphatic rings. The Bertz CT molecular complexity index is 1480. The highest BCUT2D eigenvalue weighted by atomic mass is 32.1. The van der Waals surface area contributed by atoms with Crippen LogP contribution in [-0.2, 0) is 17.4 Å². The second kappa shape index (κ2) is 11.2. The number of ether oxygens (including phenoxy) is 1. The first-order valence-electron chi connectivity index (χ1n) is 12.4. The van der Waals surface area contributed by atoms with Gasteiger partial charge in [-0.05, 0) is 43.7 Å². The van der Waals surface area contributed by atoms with Crippen molar-refractivity contribution < 1.29 is 27.1 Å². The lowest BCUT2D eigenvalue weighted by atomic mass is 10.1. The number of nitrogens with one attached hydrogen (secondary N) is 1. The van der Waals surface area contributed by atoms with Crippen molar-refractivity contribution in [3.8, 4) is 22.9 Å². The van der Waals surface area contributed by atoms with E-state index in [0.29, 0.717) is 59.4 Å². The summed E-state index contributed by atoms with van der Waals surface area (Å²) in [6, 6.07) is 11.6. The van der Waals surface area contributed by atoms with Crippen molar-refractivity contribution in [3.05, 3.63) is 59.9 Å². The summed E-state index contributed by atoms with van der Waals surface area (Å²) in [5.41, 5.74) is 0.645. The largest absolute Gasteiger partial charge is 0.437 e. The third kappa shape index (κ3) is 6.69. The average molecular weight is 560 g/mol. The Kier molecular flexibility index (Phi) is 7.76. The minimum absolute atomic E-state index is 0.193. The van der Waals surface area contributed by atoms with Gasteiger partial charge in [-0.3, -0.25) is 4.79 Å². The number of amides is 1. The molecule has 0 spiro atoms. The smallest absolute Gasteiger partial charge is 0.416 e. The summed E-state index contributed by atoms with van der Waals surface area (Å²) >= 11 is 1.30. The van der Waals surface area contributed by atoms with Gasteiger partial charge in [-0.15, -0.1) is 0 Å². The Morgan fingerprint density at radius 3 is 2.67 bits per heavy atom. The highest BCUT2D eigenvalue weighted by Crippen LogP contribution is 2.36. The van der Waals surface area contributed by atoms with E-state index in [2.05, 4.69) is 20.3 Å². The quantitative estimate of drug-likeness (QED) is 0.261. The second-order valence-corrected chi connectivity index (χ2v) is 10.3. The molecule has 0 saturated carbocycles. The van der Waals surface area contributed by atoms with Gasteiger partial charge in [0.25, 0.3) is 0 Å². The third-order valence-corrected chi connectivity index (χ3v) is 7.17. The molecule has 0 aliphatic carbocycles. The lowest BCUT2D eigenvalue weighted by Crippen LogP contribution is -2.37. The molecule has 0 bridgehead atoms. The molecule has 4 aromatic rings. The van der Waals surface area contributed by atoms with E-state index in [1.165, 1.54) is 30.4 Å². The topological polar surface area (TPSA) is 80.2 Å². The van der Waals surface area contributed by atoms with Crippen LogP contribution in [0.15, 0.2) is 48.5 Å². The van der Waals surface area contributed by atoms with Gasteiger partial charge in [-0.1, -0.05) is 29.5 Å². The van der Waals surface area contributed by atoms with Gasteiger partial charge in [0.05, 0.1) is 16.0 Å². The number of halogens is 4. The molecule has 1 atom stereocenters. The van der Waals surface area contributed by atoms with E-state index < -0.39 is 17.9 Å². The molecule has 1 amide bonds. The zero-order valence-electron chi connectivity index (χ0n) is 21.0. The van der Waals surface area contributed by atoms with Gasteiger partial charge in [0.1, 0.15) is 17.5 Å². The number of piperidine rings is 1. The summed E-state index contributed by atoms with van der Waals surface area (Å²) in [5, 5.41) is 3.09. The van der Waals surface area contributed by atoms with Crippen LogP contribution in [0.2, 0.25) is 0 Å². The Morgan fingerprint density at radius 1 is 1.15 bits per heavy atom. The number of benzene rings is 2. The number of carbonyl (C=O) groups excluding carboxylic acids is 1. The predicted octanol–water partition coefficient (Wildman–Crippen LogP) is 6.50. The first-order valence-corrected chi connectivity index (χ1v) is 13.2. The number of para-hydroxylation sites is 1. The molecule has 2 aromatic carbocycles. The lowest BCUT2D eigenvalue weighted by Gasteiger charge is -2.28. The van der Waals surface area contributed by atoms with Gasteiger partial charge in [0, 0.05) is 38.1 Å². The number of hydrogen-bond donors (Lipinski definition) is 1. The molecule has 1 saturated heterocycles. The van der Waals surface area contributed by atoms with Crippen LogP contribution in [-0.4, -0.2) is 51.6 Å². The fourth-order valence-electron chi connectivity index (χ4n) is 4.40. The lowest BCUT2D eigenvalue weighted by molar-refractivity contribution is -0.137. The number of nitrogens with zero attached hydrogens (tertiary/aromatic N) is 4. The van der Waals surface area contributed by atoms with E-state index in [1.54, 1.807) is 18.2 Å². The van der Waals surface area contributed by atoms with E-state index in [0.717, 1.165) is 29.8 Å². The van der Waals surface area contributed by atoms with E-state index in [1.807, 2.05) is 11.0 Å². The molecular weight excluding hydrogens is 534 g/mol. The molecule has 12 heteroatoms. The maximum Gasteiger partial charge on any atom is 0.416 e. The number of rotatable bonds is 7. The highest BCUT2D eigenvalue weighted by molar-refractivity contribution is 7.22. The van der Waals surface area contributed by atoms with Crippen LogP contribution in [0.25, 0.3) is 21.5 Å². The molecule has 0 unspecified atom stereocenters. The van der Waals surface area contributed by atoms with Crippen molar-refractivity contribution >= 4 is 32.6 Å². The number of carbonyl (C=O) groups is 1. The molecule has 1 N–H and O–H groups in total. The number of aromatic nitrogens is 3. The van der Waals surface area contributed by atoms with Crippen LogP contribution < -0.4 is 10.1 Å². The molecule has 2 aromatic heterocycles. The highest BCUT2D eigenvalue weighted by Gasteiger charge is 2.30. The molecule has 1 fully saturated rings. The van der Waals surface area contributed by atoms with Gasteiger partial charge >= 0.3 is 6.18 Å². The van der Waals surface area contributed by atoms with E-state index in [4.69, 9.17) is 4.74 Å². The molecule has 3 heterocycles. The van der Waals surface area contributed by atoms with Crippen LogP contribution in [0.5, 0.6) is 11.6 Å². The Hall–Kier alpha value is -3.64. The molecule has 7 nitrogen and oxygen atoms in total. The Balaban J connectivity index is 1.46. The van der Waals surface area contributed by atoms with Crippen molar-refractivity contribution in [2.45, 2.75) is 38.5 Å². The number of thiazole rings is 1. The van der Waals surface area contributed by atoms with Crippen LogP contribution in [0.3, 0.4) is 0 Å². The van der Waals surface area contributed by atoms with Crippen LogP contribution in [0, 0.1) is 0 Å². The fourth-order valence-corrected chi connectivity index (χ4v) is 5.33. The summed E-state index contributed by atoms with van der Waals surface area (Å²) in [6.45, 7) is 3.07. The molecule has 39 heavy (non-hydrogen) atoms. The minimum atomic E-state index is -4.45. The van der Waals surface area contributed by atoms with Crippen LogP contribution in [0.1, 0.15) is 31.2 Å². The first kappa shape index (κ1) is 26.9. The van der Waals surface area contributed by atoms with E-state index in [9.17, 15) is 22.4 Å². The van der Waals surface area contributed by atoms with Crippen molar-refractivity contribution in [1.82, 2.24) is 19.9 Å². The summed E-state index contributed by atoms with van der Waals surface area (Å²) < 4.78 is 60.1. The van der Waals surface area contributed by atoms with Crippen molar-refractivity contribution in [1.29, 1.82) is 0 Å². The number of likely N-dealkylation sites (tertiary alicyclic amines) is 1. The van der Waals surface area contributed by atoms with Gasteiger partial charge in [-0.25, -0.2) is 14.4 Å². The number of anilines is 1. The number of alkyl halides is 4. The number of hydrogen-bond acceptors (Lipinski definition) is 7. The summed E-state index contributed by atoms with van der Waals surface area (Å²) in [7, 11) is 0. The van der Waals surface area contributed by atoms with Crippen LogP contribution in [0.4, 0.5) is 22.7 Å². The zero-order chi connectivity index (χ0) is 27.6. The summed E-state index contributed by atoms with van der Waals surface area (Å²) in [5.74, 6) is 0.775. The third-order valence-electron chi connectivity index (χ3n) is 6.24. The first-order chi connectivity index (χ1) is 18.6. The SMILES string of the molecule is CC(=O)Nc1nc2c(Oc3cc(-c4ccc(C(F)(F)F)cc4)nc(CCN4CCC[C@@H](F)C4)n3)cccc2s1. The van der Waals surface area contributed by atoms with Gasteiger partial charge in [0.15, 0.2) is 10.9 Å². The second-order valence-electron chi connectivity index (χ2n) is 9.28. The predicted molar refractivity (Wildman–Crippen MR) is 141 cm³/mol. The molecule has 5 rings (SSSR count). The van der Waals surface area contributed by atoms with Gasteiger partial charge < -0.3 is 15.0 Å². The maximum absolute atomic E-state index is 13.9. The van der Waals surface area contributed by atoms with E-state index >= 15 is 0 Å². The Labute approximate surface area is 225 Å². The summed E-state index contributed by atoms with van der Waals surface area (Å²) in [4.78, 5) is 27.1. The van der Waals surface area contributed by atoms with Gasteiger partial charge in [-0.2, -0.15) is 18.2 Å². The minimum Gasteiger partial charge on any atom is -0.437 e. The number of fused-ring (bicyclic) bond motifs is 1. The van der Waals surface area contributed by atoms with Crippen LogP contribution >= 0.6 is 11.3 Å². The normalized spacial score (nSPS) is 16.4. The molecule has 0 radical (unpaired) electrons. The Morgan fingerprint density at radius 2 is 1.95 bits per heavy atom. The van der Waals surface area contributed by atoms with E-state index in [-0.39, 0.29) is 11.8 Å². The fraction of sp³-hybridized carbons (Fsp3) is 0.333. The maximum atomic E-state index is 13.9.